The summed E-state index contributed by atoms with van der Waals surface area (Å²) in [7, 11) is 0. The van der Waals surface area contributed by atoms with E-state index in [1.165, 1.54) is 13.8 Å². The van der Waals surface area contributed by atoms with E-state index in [9.17, 15) is 19.2 Å². The van der Waals surface area contributed by atoms with Crippen molar-refractivity contribution in [2.45, 2.75) is 47.1 Å². The van der Waals surface area contributed by atoms with Crippen LogP contribution in [0.5, 0.6) is 0 Å². The summed E-state index contributed by atoms with van der Waals surface area (Å²) in [6.07, 6.45) is -1.07. The number of nitrogens with one attached hydrogen (secondary N) is 2. The van der Waals surface area contributed by atoms with Gasteiger partial charge in [-0.1, -0.05) is 18.2 Å². The van der Waals surface area contributed by atoms with Gasteiger partial charge in [0.1, 0.15) is 0 Å². The molecule has 7 heteroatoms. The minimum atomic E-state index is -1.01. The van der Waals surface area contributed by atoms with Crippen LogP contribution in [0.2, 0.25) is 0 Å². The number of hydrogen-bond acceptors (Lipinski definition) is 5. The van der Waals surface area contributed by atoms with Gasteiger partial charge in [0.25, 0.3) is 5.91 Å². The summed E-state index contributed by atoms with van der Waals surface area (Å²) < 4.78 is 5.20. The predicted octanol–water partition coefficient (Wildman–Crippen LogP) is 3.08. The quantitative estimate of drug-likeness (QED) is 0.525. The van der Waals surface area contributed by atoms with Gasteiger partial charge in [0.2, 0.25) is 5.78 Å². The highest BCUT2D eigenvalue weighted by Crippen LogP contribution is 2.20. The first-order chi connectivity index (χ1) is 13.6. The summed E-state index contributed by atoms with van der Waals surface area (Å²) in [5, 5.41) is 2.67. The Hall–Kier alpha value is -3.22. The average Bonchev–Trinajstić information content (AvgIpc) is 2.95. The second-order valence-corrected chi connectivity index (χ2v) is 7.00. The summed E-state index contributed by atoms with van der Waals surface area (Å²) in [5.41, 5.74) is 3.28. The summed E-state index contributed by atoms with van der Waals surface area (Å²) in [5.74, 6) is -1.40. The molecule has 0 aliphatic rings. The fourth-order valence-electron chi connectivity index (χ4n) is 3.24. The highest BCUT2D eigenvalue weighted by Gasteiger charge is 2.25. The van der Waals surface area contributed by atoms with E-state index in [1.54, 1.807) is 26.0 Å². The molecule has 1 aromatic heterocycles. The summed E-state index contributed by atoms with van der Waals surface area (Å²) in [6.45, 7) is 8.25. The van der Waals surface area contributed by atoms with Crippen LogP contribution in [0, 0.1) is 20.8 Å². The fourth-order valence-corrected chi connectivity index (χ4v) is 3.24. The van der Waals surface area contributed by atoms with Crippen LogP contribution < -0.4 is 5.32 Å². The van der Waals surface area contributed by atoms with Gasteiger partial charge in [-0.25, -0.2) is 0 Å². The number of rotatable bonds is 8. The van der Waals surface area contributed by atoms with Crippen LogP contribution in [0.15, 0.2) is 24.3 Å². The highest BCUT2D eigenvalue weighted by atomic mass is 16.5. The maximum absolute atomic E-state index is 12.6. The maximum Gasteiger partial charge on any atom is 0.308 e. The van der Waals surface area contributed by atoms with Gasteiger partial charge in [-0.05, 0) is 51.8 Å². The number of ketones is 2. The van der Waals surface area contributed by atoms with Crippen LogP contribution in [0.1, 0.15) is 68.3 Å². The Bertz CT molecular complexity index is 958. The molecule has 0 saturated heterocycles. The van der Waals surface area contributed by atoms with Crippen LogP contribution in [0.25, 0.3) is 0 Å². The number of benzene rings is 1. The van der Waals surface area contributed by atoms with E-state index in [0.29, 0.717) is 22.4 Å². The van der Waals surface area contributed by atoms with E-state index in [2.05, 4.69) is 10.3 Å². The fraction of sp³-hybridized carbons (Fsp3) is 0.364. The van der Waals surface area contributed by atoms with Gasteiger partial charge in [0, 0.05) is 23.4 Å². The summed E-state index contributed by atoms with van der Waals surface area (Å²) in [4.78, 5) is 51.4. The second kappa shape index (κ2) is 9.32. The Balaban J connectivity index is 1.90. The molecule has 1 amide bonds. The van der Waals surface area contributed by atoms with Crippen molar-refractivity contribution < 1.29 is 23.9 Å². The van der Waals surface area contributed by atoms with E-state index in [1.807, 2.05) is 19.1 Å². The third-order valence-electron chi connectivity index (χ3n) is 4.72. The van der Waals surface area contributed by atoms with Gasteiger partial charge in [0.15, 0.2) is 11.9 Å². The zero-order chi connectivity index (χ0) is 21.7. The number of ether oxygens (including phenoxy) is 1. The first-order valence-electron chi connectivity index (χ1n) is 9.41. The molecule has 1 heterocycles. The Morgan fingerprint density at radius 3 is 2.34 bits per heavy atom. The van der Waals surface area contributed by atoms with Crippen molar-refractivity contribution in [1.29, 1.82) is 0 Å². The van der Waals surface area contributed by atoms with Gasteiger partial charge in [-0.3, -0.25) is 19.2 Å². The highest BCUT2D eigenvalue weighted by molar-refractivity contribution is 6.05. The summed E-state index contributed by atoms with van der Waals surface area (Å²) >= 11 is 0. The standard InChI is InChI=1S/C22H26N2O5/c1-12-8-6-7-9-17(12)22(28)23-11-10-18(26)29-16(5)21(27)20-13(2)19(15(4)25)14(3)24-20/h6-9,16,24H,10-11H2,1-5H3,(H,23,28). The molecule has 2 aromatic rings. The molecule has 0 bridgehead atoms. The second-order valence-electron chi connectivity index (χ2n) is 7.00. The molecule has 0 fully saturated rings. The third-order valence-corrected chi connectivity index (χ3v) is 4.72. The lowest BCUT2D eigenvalue weighted by Crippen LogP contribution is -2.30. The Morgan fingerprint density at radius 1 is 1.10 bits per heavy atom. The van der Waals surface area contributed by atoms with Crippen molar-refractivity contribution in [2.75, 3.05) is 6.54 Å². The minimum Gasteiger partial charge on any atom is -0.454 e. The largest absolute Gasteiger partial charge is 0.454 e. The van der Waals surface area contributed by atoms with Crippen molar-refractivity contribution in [2.24, 2.45) is 0 Å². The maximum atomic E-state index is 12.6. The van der Waals surface area contributed by atoms with Crippen molar-refractivity contribution in [3.05, 3.63) is 57.9 Å². The number of carbonyl (C=O) groups excluding carboxylic acids is 4. The van der Waals surface area contributed by atoms with Crippen LogP contribution in [0.4, 0.5) is 0 Å². The zero-order valence-corrected chi connectivity index (χ0v) is 17.3. The van der Waals surface area contributed by atoms with Crippen LogP contribution in [0.3, 0.4) is 0 Å². The monoisotopic (exact) mass is 398 g/mol. The van der Waals surface area contributed by atoms with E-state index in [-0.39, 0.29) is 30.3 Å². The summed E-state index contributed by atoms with van der Waals surface area (Å²) in [6, 6.07) is 7.15. The topological polar surface area (TPSA) is 105 Å². The van der Waals surface area contributed by atoms with E-state index < -0.39 is 17.9 Å². The van der Waals surface area contributed by atoms with Gasteiger partial charge in [-0.15, -0.1) is 0 Å². The van der Waals surface area contributed by atoms with Crippen molar-refractivity contribution >= 4 is 23.4 Å². The number of Topliss-reactive ketones (excluding diaryl/α,β-unsaturated/α-hetero) is 2. The Kier molecular flexibility index (Phi) is 7.09. The first-order valence-corrected chi connectivity index (χ1v) is 9.41. The minimum absolute atomic E-state index is 0.0589. The van der Waals surface area contributed by atoms with Crippen molar-refractivity contribution in [3.8, 4) is 0 Å². The van der Waals surface area contributed by atoms with E-state index in [0.717, 1.165) is 5.56 Å². The van der Waals surface area contributed by atoms with Crippen molar-refractivity contribution in [3.63, 3.8) is 0 Å². The first kappa shape index (κ1) is 22.1. The molecule has 0 radical (unpaired) electrons. The molecule has 1 unspecified atom stereocenters. The zero-order valence-electron chi connectivity index (χ0n) is 17.3. The molecule has 0 spiro atoms. The lowest BCUT2D eigenvalue weighted by Gasteiger charge is -2.13. The van der Waals surface area contributed by atoms with E-state index in [4.69, 9.17) is 4.74 Å². The smallest absolute Gasteiger partial charge is 0.308 e. The number of aromatic amines is 1. The van der Waals surface area contributed by atoms with Crippen molar-refractivity contribution in [1.82, 2.24) is 10.3 Å². The SMILES string of the molecule is CC(=O)c1c(C)[nH]c(C(=O)C(C)OC(=O)CCNC(=O)c2ccccc2C)c1C. The van der Waals surface area contributed by atoms with Gasteiger partial charge in [0.05, 0.1) is 12.1 Å². The Morgan fingerprint density at radius 2 is 1.76 bits per heavy atom. The van der Waals surface area contributed by atoms with Gasteiger partial charge < -0.3 is 15.0 Å². The molecule has 0 aliphatic heterocycles. The lowest BCUT2D eigenvalue weighted by atomic mass is 10.0. The molecule has 7 nitrogen and oxygen atoms in total. The molecule has 0 aliphatic carbocycles. The number of aromatic nitrogens is 1. The number of H-pyrrole nitrogens is 1. The van der Waals surface area contributed by atoms with Gasteiger partial charge >= 0.3 is 5.97 Å². The molecule has 1 atom stereocenters. The predicted molar refractivity (Wildman–Crippen MR) is 108 cm³/mol. The molecule has 0 saturated carbocycles. The lowest BCUT2D eigenvalue weighted by molar-refractivity contribution is -0.146. The molecule has 2 rings (SSSR count). The molecule has 29 heavy (non-hydrogen) atoms. The molecular weight excluding hydrogens is 372 g/mol. The third kappa shape index (κ3) is 5.19. The average molecular weight is 398 g/mol. The number of hydrogen-bond donors (Lipinski definition) is 2. The Labute approximate surface area is 169 Å². The number of carbonyl (C=O) groups is 4. The number of esters is 1. The normalized spacial score (nSPS) is 11.6. The van der Waals surface area contributed by atoms with Crippen LogP contribution >= 0.6 is 0 Å². The molecule has 1 aromatic carbocycles. The van der Waals surface area contributed by atoms with Crippen LogP contribution in [-0.4, -0.2) is 41.1 Å². The number of amides is 1. The molecular formula is C22H26N2O5. The van der Waals surface area contributed by atoms with Crippen LogP contribution in [-0.2, 0) is 9.53 Å². The number of aryl methyl sites for hydroxylation is 2. The molecule has 2 N–H and O–H groups in total. The van der Waals surface area contributed by atoms with Gasteiger partial charge in [-0.2, -0.15) is 0 Å². The molecule has 154 valence electrons. The van der Waals surface area contributed by atoms with E-state index >= 15 is 0 Å².